The van der Waals surface area contributed by atoms with Gasteiger partial charge >= 0.3 is 18.0 Å². The second kappa shape index (κ2) is 7.07. The van der Waals surface area contributed by atoms with Crippen LogP contribution < -0.4 is 10.6 Å². The number of carboxylic acids is 2. The Kier molecular flexibility index (Phi) is 5.45. The Morgan fingerprint density at radius 2 is 1.75 bits per heavy atom. The fourth-order valence-corrected chi connectivity index (χ4v) is 1.37. The predicted molar refractivity (Wildman–Crippen MR) is 65.4 cm³/mol. The van der Waals surface area contributed by atoms with E-state index in [0.717, 1.165) is 0 Å². The molecule has 4 N–H and O–H groups in total. The SMILES string of the molecule is O=C(O)C[C@@H](NC(=O)NCc1ccc(F)cc1)C(=O)O. The van der Waals surface area contributed by atoms with Crippen molar-refractivity contribution in [1.82, 2.24) is 10.6 Å². The van der Waals surface area contributed by atoms with Crippen molar-refractivity contribution in [2.75, 3.05) is 0 Å². The van der Waals surface area contributed by atoms with Crippen LogP contribution in [-0.4, -0.2) is 34.2 Å². The smallest absolute Gasteiger partial charge is 0.326 e. The fraction of sp³-hybridized carbons (Fsp3) is 0.250. The Morgan fingerprint density at radius 1 is 1.15 bits per heavy atom. The van der Waals surface area contributed by atoms with Crippen molar-refractivity contribution in [3.05, 3.63) is 35.6 Å². The first kappa shape index (κ1) is 15.4. The number of carbonyl (C=O) groups is 3. The van der Waals surface area contributed by atoms with E-state index in [-0.39, 0.29) is 6.54 Å². The summed E-state index contributed by atoms with van der Waals surface area (Å²) in [7, 11) is 0. The number of nitrogens with one attached hydrogen (secondary N) is 2. The number of rotatable bonds is 6. The topological polar surface area (TPSA) is 116 Å². The minimum Gasteiger partial charge on any atom is -0.481 e. The zero-order valence-electron chi connectivity index (χ0n) is 10.3. The molecule has 8 heteroatoms. The maximum Gasteiger partial charge on any atom is 0.326 e. The van der Waals surface area contributed by atoms with Crippen molar-refractivity contribution in [3.8, 4) is 0 Å². The molecule has 0 heterocycles. The maximum atomic E-state index is 12.6. The largest absolute Gasteiger partial charge is 0.481 e. The van der Waals surface area contributed by atoms with Gasteiger partial charge in [-0.2, -0.15) is 0 Å². The molecule has 108 valence electrons. The molecule has 0 fully saturated rings. The highest BCUT2D eigenvalue weighted by Gasteiger charge is 2.22. The summed E-state index contributed by atoms with van der Waals surface area (Å²) in [6.45, 7) is 0.0610. The highest BCUT2D eigenvalue weighted by molar-refractivity contribution is 5.86. The van der Waals surface area contributed by atoms with E-state index in [4.69, 9.17) is 10.2 Å². The van der Waals surface area contributed by atoms with Crippen LogP contribution in [0.4, 0.5) is 9.18 Å². The lowest BCUT2D eigenvalue weighted by Crippen LogP contribution is -2.46. The van der Waals surface area contributed by atoms with Gasteiger partial charge in [-0.05, 0) is 17.7 Å². The molecular formula is C12H13FN2O5. The zero-order chi connectivity index (χ0) is 15.1. The van der Waals surface area contributed by atoms with Crippen molar-refractivity contribution >= 4 is 18.0 Å². The molecule has 0 saturated heterocycles. The Labute approximate surface area is 113 Å². The third-order valence-corrected chi connectivity index (χ3v) is 2.35. The Morgan fingerprint density at radius 3 is 2.25 bits per heavy atom. The van der Waals surface area contributed by atoms with E-state index in [1.807, 2.05) is 5.32 Å². The molecule has 1 rings (SSSR count). The first-order chi connectivity index (χ1) is 9.38. The van der Waals surface area contributed by atoms with Crippen molar-refractivity contribution in [2.24, 2.45) is 0 Å². The number of carbonyl (C=O) groups excluding carboxylic acids is 1. The van der Waals surface area contributed by atoms with E-state index in [9.17, 15) is 18.8 Å². The summed E-state index contributed by atoms with van der Waals surface area (Å²) in [5.74, 6) is -3.19. The predicted octanol–water partition coefficient (Wildman–Crippen LogP) is 0.553. The average Bonchev–Trinajstić information content (AvgIpc) is 2.36. The molecule has 1 aromatic carbocycles. The van der Waals surface area contributed by atoms with Gasteiger partial charge in [-0.25, -0.2) is 14.0 Å². The van der Waals surface area contributed by atoms with Crippen LogP contribution in [0.3, 0.4) is 0 Å². The molecule has 1 atom stereocenters. The quantitative estimate of drug-likeness (QED) is 0.609. The summed E-state index contributed by atoms with van der Waals surface area (Å²) in [6, 6.07) is 3.03. The van der Waals surface area contributed by atoms with Crippen LogP contribution in [0.1, 0.15) is 12.0 Å². The van der Waals surface area contributed by atoms with Gasteiger partial charge in [0.1, 0.15) is 11.9 Å². The summed E-state index contributed by atoms with van der Waals surface area (Å²) in [4.78, 5) is 32.6. The molecule has 2 amide bonds. The van der Waals surface area contributed by atoms with Crippen LogP contribution in [0.25, 0.3) is 0 Å². The van der Waals surface area contributed by atoms with Gasteiger partial charge in [0.2, 0.25) is 0 Å². The fourth-order valence-electron chi connectivity index (χ4n) is 1.37. The summed E-state index contributed by atoms with van der Waals surface area (Å²) in [5.41, 5.74) is 0.617. The first-order valence-electron chi connectivity index (χ1n) is 5.62. The second-order valence-corrected chi connectivity index (χ2v) is 3.94. The molecule has 7 nitrogen and oxygen atoms in total. The third kappa shape index (κ3) is 5.34. The van der Waals surface area contributed by atoms with E-state index in [0.29, 0.717) is 5.56 Å². The number of urea groups is 1. The third-order valence-electron chi connectivity index (χ3n) is 2.35. The minimum atomic E-state index is -1.51. The number of aliphatic carboxylic acids is 2. The molecule has 0 bridgehead atoms. The zero-order valence-corrected chi connectivity index (χ0v) is 10.3. The van der Waals surface area contributed by atoms with Gasteiger partial charge in [0.25, 0.3) is 0 Å². The van der Waals surface area contributed by atoms with Crippen molar-refractivity contribution in [1.29, 1.82) is 0 Å². The van der Waals surface area contributed by atoms with Gasteiger partial charge in [-0.1, -0.05) is 12.1 Å². The molecule has 0 saturated carbocycles. The van der Waals surface area contributed by atoms with E-state index < -0.39 is 36.2 Å². The summed E-state index contributed by atoms with van der Waals surface area (Å²) >= 11 is 0. The Bertz CT molecular complexity index is 503. The normalized spacial score (nSPS) is 11.4. The lowest BCUT2D eigenvalue weighted by molar-refractivity contribution is -0.145. The molecule has 20 heavy (non-hydrogen) atoms. The molecular weight excluding hydrogens is 271 g/mol. The summed E-state index contributed by atoms with van der Waals surface area (Å²) in [6.07, 6.45) is -0.723. The molecule has 0 spiro atoms. The van der Waals surface area contributed by atoms with Crippen molar-refractivity contribution < 1.29 is 29.0 Å². The number of amides is 2. The van der Waals surface area contributed by atoms with Crippen LogP contribution >= 0.6 is 0 Å². The highest BCUT2D eigenvalue weighted by Crippen LogP contribution is 2.02. The van der Waals surface area contributed by atoms with Crippen LogP contribution in [0.15, 0.2) is 24.3 Å². The molecule has 0 aromatic heterocycles. The van der Waals surface area contributed by atoms with Gasteiger partial charge in [-0.3, -0.25) is 4.79 Å². The number of hydrogen-bond acceptors (Lipinski definition) is 3. The number of halogens is 1. The number of benzene rings is 1. The highest BCUT2D eigenvalue weighted by atomic mass is 19.1. The van der Waals surface area contributed by atoms with Crippen molar-refractivity contribution in [3.63, 3.8) is 0 Å². The first-order valence-corrected chi connectivity index (χ1v) is 5.62. The van der Waals surface area contributed by atoms with E-state index in [1.165, 1.54) is 24.3 Å². The Balaban J connectivity index is 2.47. The monoisotopic (exact) mass is 284 g/mol. The van der Waals surface area contributed by atoms with E-state index in [2.05, 4.69) is 5.32 Å². The molecule has 0 aliphatic heterocycles. The van der Waals surface area contributed by atoms with Gasteiger partial charge in [0, 0.05) is 6.54 Å². The van der Waals surface area contributed by atoms with Gasteiger partial charge in [0.15, 0.2) is 0 Å². The number of carboxylic acid groups (broad SMARTS) is 2. The average molecular weight is 284 g/mol. The summed E-state index contributed by atoms with van der Waals surface area (Å²) in [5, 5.41) is 21.6. The minimum absolute atomic E-state index is 0.0610. The molecule has 0 aliphatic rings. The van der Waals surface area contributed by atoms with Crippen LogP contribution in [0.5, 0.6) is 0 Å². The lowest BCUT2D eigenvalue weighted by atomic mass is 10.2. The van der Waals surface area contributed by atoms with Gasteiger partial charge in [0.05, 0.1) is 6.42 Å². The van der Waals surface area contributed by atoms with Crippen LogP contribution in [-0.2, 0) is 16.1 Å². The van der Waals surface area contributed by atoms with Crippen LogP contribution in [0.2, 0.25) is 0 Å². The van der Waals surface area contributed by atoms with Crippen molar-refractivity contribution in [2.45, 2.75) is 19.0 Å². The van der Waals surface area contributed by atoms with Gasteiger partial charge < -0.3 is 20.8 Å². The lowest BCUT2D eigenvalue weighted by Gasteiger charge is -2.13. The molecule has 0 radical (unpaired) electrons. The second-order valence-electron chi connectivity index (χ2n) is 3.94. The Hall–Kier alpha value is -2.64. The summed E-state index contributed by atoms with van der Waals surface area (Å²) < 4.78 is 12.6. The molecule has 0 unspecified atom stereocenters. The van der Waals surface area contributed by atoms with Crippen LogP contribution in [0, 0.1) is 5.82 Å². The number of hydrogen-bond donors (Lipinski definition) is 4. The van der Waals surface area contributed by atoms with E-state index in [1.54, 1.807) is 0 Å². The maximum absolute atomic E-state index is 12.6. The van der Waals surface area contributed by atoms with E-state index >= 15 is 0 Å². The molecule has 0 aliphatic carbocycles. The standard InChI is InChI=1S/C12H13FN2O5/c13-8-3-1-7(2-4-8)6-14-12(20)15-9(11(18)19)5-10(16)17/h1-4,9H,5-6H2,(H,16,17)(H,18,19)(H2,14,15,20)/t9-/m1/s1. The molecule has 1 aromatic rings. The van der Waals surface area contributed by atoms with Gasteiger partial charge in [-0.15, -0.1) is 0 Å².